The maximum absolute atomic E-state index is 9.10. The van der Waals surface area contributed by atoms with Gasteiger partial charge in [0, 0.05) is 6.20 Å². The van der Waals surface area contributed by atoms with Crippen LogP contribution < -0.4 is 0 Å². The summed E-state index contributed by atoms with van der Waals surface area (Å²) in [5, 5.41) is 10.4. The van der Waals surface area contributed by atoms with Gasteiger partial charge in [-0.1, -0.05) is 24.4 Å². The van der Waals surface area contributed by atoms with Crippen LogP contribution in [-0.2, 0) is 0 Å². The van der Waals surface area contributed by atoms with E-state index in [4.69, 9.17) is 16.9 Å². The number of nitriles is 1. The first-order valence-corrected chi connectivity index (χ1v) is 7.03. The van der Waals surface area contributed by atoms with E-state index in [1.165, 1.54) is 32.0 Å². The first-order valence-electron chi connectivity index (χ1n) is 6.65. The fraction of sp³-hybridized carbons (Fsp3) is 0.500. The molecule has 0 spiro atoms. The van der Waals surface area contributed by atoms with Crippen molar-refractivity contribution in [1.29, 1.82) is 5.26 Å². The highest BCUT2D eigenvalue weighted by atomic mass is 35.5. The lowest BCUT2D eigenvalue weighted by Gasteiger charge is -2.23. The highest BCUT2D eigenvalue weighted by molar-refractivity contribution is 6.33. The predicted molar refractivity (Wildman–Crippen MR) is 73.8 cm³/mol. The minimum absolute atomic E-state index is 0.205. The average molecular weight is 275 g/mol. The molecule has 1 aliphatic rings. The van der Waals surface area contributed by atoms with Gasteiger partial charge in [0.1, 0.15) is 17.1 Å². The van der Waals surface area contributed by atoms with Gasteiger partial charge in [-0.3, -0.25) is 0 Å². The first kappa shape index (κ1) is 12.4. The molecule has 19 heavy (non-hydrogen) atoms. The third kappa shape index (κ3) is 2.19. The van der Waals surface area contributed by atoms with E-state index in [1.807, 2.05) is 12.3 Å². The van der Waals surface area contributed by atoms with Crippen LogP contribution in [0.5, 0.6) is 0 Å². The molecule has 1 fully saturated rings. The maximum atomic E-state index is 9.10. The van der Waals surface area contributed by atoms with Crippen molar-refractivity contribution >= 4 is 22.6 Å². The molecule has 98 valence electrons. The Morgan fingerprint density at radius 2 is 2.21 bits per heavy atom. The van der Waals surface area contributed by atoms with Crippen LogP contribution in [0.3, 0.4) is 0 Å². The molecular weight excluding hydrogens is 260 g/mol. The lowest BCUT2D eigenvalue weighted by molar-refractivity contribution is 0.346. The Morgan fingerprint density at radius 3 is 2.95 bits per heavy atom. The van der Waals surface area contributed by atoms with Crippen molar-refractivity contribution in [2.75, 3.05) is 0 Å². The molecule has 4 nitrogen and oxygen atoms in total. The summed E-state index contributed by atoms with van der Waals surface area (Å²) in [6, 6.07) is 4.46. The van der Waals surface area contributed by atoms with E-state index < -0.39 is 0 Å². The van der Waals surface area contributed by atoms with Crippen molar-refractivity contribution in [3.63, 3.8) is 0 Å². The molecule has 3 rings (SSSR count). The Balaban J connectivity index is 2.05. The summed E-state index contributed by atoms with van der Waals surface area (Å²) in [6.45, 7) is 0. The predicted octanol–water partition coefficient (Wildman–Crippen LogP) is 3.73. The second-order valence-corrected chi connectivity index (χ2v) is 5.46. The summed E-state index contributed by atoms with van der Waals surface area (Å²) in [5.41, 5.74) is 0.840. The van der Waals surface area contributed by atoms with E-state index in [1.54, 1.807) is 0 Å². The van der Waals surface area contributed by atoms with Crippen molar-refractivity contribution in [3.05, 3.63) is 23.7 Å². The van der Waals surface area contributed by atoms with Gasteiger partial charge in [-0.2, -0.15) is 5.26 Å². The highest BCUT2D eigenvalue weighted by Crippen LogP contribution is 2.37. The van der Waals surface area contributed by atoms with Crippen LogP contribution in [0.15, 0.2) is 18.6 Å². The molecule has 2 aromatic heterocycles. The first-order chi connectivity index (χ1) is 9.31. The molecule has 5 heteroatoms. The van der Waals surface area contributed by atoms with Gasteiger partial charge in [0.15, 0.2) is 0 Å². The topological polar surface area (TPSA) is 54.5 Å². The van der Waals surface area contributed by atoms with Crippen molar-refractivity contribution in [2.24, 2.45) is 5.92 Å². The summed E-state index contributed by atoms with van der Waals surface area (Å²) in [7, 11) is 0. The van der Waals surface area contributed by atoms with Gasteiger partial charge in [0.05, 0.1) is 23.9 Å². The Bertz CT molecular complexity index is 622. The largest absolute Gasteiger partial charge is 0.328 e. The monoisotopic (exact) mass is 274 g/mol. The molecule has 1 atom stereocenters. The molecule has 0 N–H and O–H groups in total. The number of hydrogen-bond donors (Lipinski definition) is 0. The van der Waals surface area contributed by atoms with E-state index in [9.17, 15) is 0 Å². The summed E-state index contributed by atoms with van der Waals surface area (Å²) in [6.07, 6.45) is 8.93. The molecule has 0 bridgehead atoms. The standard InChI is InChI=1S/C14H15ClN4/c15-13-11-6-8-19(14(11)18-9-17-13)12(5-7-16)10-3-1-2-4-10/h6,8-10,12H,1-5H2. The van der Waals surface area contributed by atoms with Crippen molar-refractivity contribution in [1.82, 2.24) is 14.5 Å². The second-order valence-electron chi connectivity index (χ2n) is 5.10. The van der Waals surface area contributed by atoms with E-state index in [2.05, 4.69) is 20.6 Å². The molecule has 1 unspecified atom stereocenters. The quantitative estimate of drug-likeness (QED) is 0.802. The van der Waals surface area contributed by atoms with Gasteiger partial charge in [0.25, 0.3) is 0 Å². The Labute approximate surface area is 117 Å². The van der Waals surface area contributed by atoms with Crippen LogP contribution in [0.1, 0.15) is 38.1 Å². The maximum Gasteiger partial charge on any atom is 0.145 e. The zero-order valence-corrected chi connectivity index (χ0v) is 11.3. The third-order valence-corrected chi connectivity index (χ3v) is 4.36. The summed E-state index contributed by atoms with van der Waals surface area (Å²) >= 11 is 6.08. The van der Waals surface area contributed by atoms with E-state index in [0.29, 0.717) is 17.5 Å². The Hall–Kier alpha value is -1.60. The molecule has 1 saturated carbocycles. The number of nitrogens with zero attached hydrogens (tertiary/aromatic N) is 4. The van der Waals surface area contributed by atoms with Gasteiger partial charge in [-0.25, -0.2) is 9.97 Å². The van der Waals surface area contributed by atoms with Gasteiger partial charge in [-0.15, -0.1) is 0 Å². The molecule has 0 aromatic carbocycles. The van der Waals surface area contributed by atoms with Crippen molar-refractivity contribution in [3.8, 4) is 6.07 Å². The van der Waals surface area contributed by atoms with Crippen LogP contribution >= 0.6 is 11.6 Å². The summed E-state index contributed by atoms with van der Waals surface area (Å²) in [5.74, 6) is 0.573. The van der Waals surface area contributed by atoms with Gasteiger partial charge in [0.2, 0.25) is 0 Å². The van der Waals surface area contributed by atoms with E-state index in [-0.39, 0.29) is 6.04 Å². The molecule has 0 amide bonds. The molecule has 0 radical (unpaired) electrons. The summed E-state index contributed by atoms with van der Waals surface area (Å²) in [4.78, 5) is 8.33. The smallest absolute Gasteiger partial charge is 0.145 e. The summed E-state index contributed by atoms with van der Waals surface area (Å²) < 4.78 is 2.11. The van der Waals surface area contributed by atoms with Crippen molar-refractivity contribution in [2.45, 2.75) is 38.1 Å². The van der Waals surface area contributed by atoms with Crippen molar-refractivity contribution < 1.29 is 0 Å². The fourth-order valence-electron chi connectivity index (χ4n) is 3.14. The molecule has 2 heterocycles. The minimum Gasteiger partial charge on any atom is -0.328 e. The lowest BCUT2D eigenvalue weighted by Crippen LogP contribution is -2.16. The number of hydrogen-bond acceptors (Lipinski definition) is 3. The Morgan fingerprint density at radius 1 is 1.42 bits per heavy atom. The number of aromatic nitrogens is 3. The molecule has 2 aromatic rings. The van der Waals surface area contributed by atoms with E-state index >= 15 is 0 Å². The molecule has 1 aliphatic carbocycles. The van der Waals surface area contributed by atoms with E-state index in [0.717, 1.165) is 11.0 Å². The molecular formula is C14H15ClN4. The van der Waals surface area contributed by atoms with Gasteiger partial charge >= 0.3 is 0 Å². The number of rotatable bonds is 3. The van der Waals surface area contributed by atoms with Crippen LogP contribution in [0, 0.1) is 17.2 Å². The number of halogens is 1. The van der Waals surface area contributed by atoms with Gasteiger partial charge < -0.3 is 4.57 Å². The molecule has 0 saturated heterocycles. The Kier molecular flexibility index (Phi) is 3.39. The third-order valence-electron chi connectivity index (χ3n) is 4.06. The van der Waals surface area contributed by atoms with Crippen LogP contribution in [-0.4, -0.2) is 14.5 Å². The SMILES string of the molecule is N#CCC(C1CCCC1)n1ccc2c(Cl)ncnc21. The second kappa shape index (κ2) is 5.18. The number of fused-ring (bicyclic) bond motifs is 1. The lowest BCUT2D eigenvalue weighted by atomic mass is 9.95. The zero-order valence-electron chi connectivity index (χ0n) is 10.6. The highest BCUT2D eigenvalue weighted by Gasteiger charge is 2.27. The average Bonchev–Trinajstić information content (AvgIpc) is 3.06. The fourth-order valence-corrected chi connectivity index (χ4v) is 3.33. The zero-order chi connectivity index (χ0) is 13.2. The molecule has 0 aliphatic heterocycles. The normalized spacial score (nSPS) is 17.7. The van der Waals surface area contributed by atoms with Crippen LogP contribution in [0.25, 0.3) is 11.0 Å². The van der Waals surface area contributed by atoms with Crippen LogP contribution in [0.4, 0.5) is 0 Å². The van der Waals surface area contributed by atoms with Crippen LogP contribution in [0.2, 0.25) is 5.15 Å². The van der Waals surface area contributed by atoms with Gasteiger partial charge in [-0.05, 0) is 24.8 Å². The minimum atomic E-state index is 0.205.